The molecule has 0 aromatic heterocycles. The summed E-state index contributed by atoms with van der Waals surface area (Å²) in [6.07, 6.45) is 2.31. The minimum Gasteiger partial charge on any atom is -0.490 e. The van der Waals surface area contributed by atoms with Gasteiger partial charge in [0.25, 0.3) is 0 Å². The van der Waals surface area contributed by atoms with Gasteiger partial charge in [-0.15, -0.1) is 0 Å². The van der Waals surface area contributed by atoms with Crippen molar-refractivity contribution in [3.05, 3.63) is 24.3 Å². The van der Waals surface area contributed by atoms with Gasteiger partial charge < -0.3 is 15.2 Å². The van der Waals surface area contributed by atoms with Gasteiger partial charge in [-0.05, 0) is 38.3 Å². The van der Waals surface area contributed by atoms with Gasteiger partial charge in [0.2, 0.25) is 0 Å². The standard InChI is InChI=1S/C15H22N2O2/c1-3-10-18-13-7-4-5-8-14(13)19-11-6-9-15(2,17)12-16/h4-5,7-8H,3,6,9-11,17H2,1-2H3. The van der Waals surface area contributed by atoms with E-state index in [2.05, 4.69) is 13.0 Å². The van der Waals surface area contributed by atoms with E-state index in [0.717, 1.165) is 24.3 Å². The third-order valence-corrected chi connectivity index (χ3v) is 2.66. The minimum absolute atomic E-state index is 0.529. The number of nitrogens with two attached hydrogens (primary N) is 1. The van der Waals surface area contributed by atoms with Crippen LogP contribution in [0.4, 0.5) is 0 Å². The molecule has 0 aliphatic rings. The van der Waals surface area contributed by atoms with Crippen molar-refractivity contribution in [2.75, 3.05) is 13.2 Å². The minimum atomic E-state index is -0.776. The molecule has 19 heavy (non-hydrogen) atoms. The first-order chi connectivity index (χ1) is 9.09. The Labute approximate surface area is 115 Å². The van der Waals surface area contributed by atoms with Crippen LogP contribution in [0.2, 0.25) is 0 Å². The highest BCUT2D eigenvalue weighted by atomic mass is 16.5. The average Bonchev–Trinajstić information content (AvgIpc) is 2.42. The van der Waals surface area contributed by atoms with Crippen molar-refractivity contribution in [2.24, 2.45) is 5.73 Å². The van der Waals surface area contributed by atoms with Crippen LogP contribution in [-0.2, 0) is 0 Å². The molecule has 1 aromatic carbocycles. The molecule has 1 aromatic rings. The highest BCUT2D eigenvalue weighted by molar-refractivity contribution is 5.39. The largest absolute Gasteiger partial charge is 0.490 e. The lowest BCUT2D eigenvalue weighted by molar-refractivity contribution is 0.259. The van der Waals surface area contributed by atoms with E-state index in [1.54, 1.807) is 6.92 Å². The average molecular weight is 262 g/mol. The quantitative estimate of drug-likeness (QED) is 0.731. The zero-order valence-electron chi connectivity index (χ0n) is 11.7. The van der Waals surface area contributed by atoms with Gasteiger partial charge in [0, 0.05) is 0 Å². The van der Waals surface area contributed by atoms with Crippen LogP contribution in [0.3, 0.4) is 0 Å². The molecule has 4 nitrogen and oxygen atoms in total. The SMILES string of the molecule is CCCOc1ccccc1OCCCC(C)(N)C#N. The Morgan fingerprint density at radius 2 is 1.79 bits per heavy atom. The Bertz CT molecular complexity index is 424. The summed E-state index contributed by atoms with van der Waals surface area (Å²) in [6.45, 7) is 5.00. The van der Waals surface area contributed by atoms with Crippen molar-refractivity contribution < 1.29 is 9.47 Å². The van der Waals surface area contributed by atoms with Crippen molar-refractivity contribution >= 4 is 0 Å². The molecule has 0 radical (unpaired) electrons. The first-order valence-corrected chi connectivity index (χ1v) is 6.64. The Morgan fingerprint density at radius 1 is 1.21 bits per heavy atom. The van der Waals surface area contributed by atoms with Gasteiger partial charge in [0.05, 0.1) is 19.3 Å². The summed E-state index contributed by atoms with van der Waals surface area (Å²) in [5.41, 5.74) is 4.97. The number of para-hydroxylation sites is 2. The zero-order chi connectivity index (χ0) is 14.1. The first-order valence-electron chi connectivity index (χ1n) is 6.64. The molecule has 0 aliphatic heterocycles. The Kier molecular flexibility index (Phi) is 6.17. The van der Waals surface area contributed by atoms with E-state index in [4.69, 9.17) is 20.5 Å². The number of rotatable bonds is 8. The number of nitrogens with zero attached hydrogens (tertiary/aromatic N) is 1. The van der Waals surface area contributed by atoms with Crippen molar-refractivity contribution in [3.63, 3.8) is 0 Å². The van der Waals surface area contributed by atoms with Crippen molar-refractivity contribution in [2.45, 2.75) is 38.6 Å². The first kappa shape index (κ1) is 15.3. The van der Waals surface area contributed by atoms with E-state index in [9.17, 15) is 0 Å². The van der Waals surface area contributed by atoms with Crippen molar-refractivity contribution in [3.8, 4) is 17.6 Å². The van der Waals surface area contributed by atoms with Crippen molar-refractivity contribution in [1.29, 1.82) is 5.26 Å². The van der Waals surface area contributed by atoms with Crippen LogP contribution >= 0.6 is 0 Å². The van der Waals surface area contributed by atoms with Gasteiger partial charge in [-0.25, -0.2) is 0 Å². The number of benzene rings is 1. The second kappa shape index (κ2) is 7.65. The molecule has 0 saturated carbocycles. The molecule has 0 fully saturated rings. The van der Waals surface area contributed by atoms with Gasteiger partial charge in [-0.3, -0.25) is 0 Å². The molecular formula is C15H22N2O2. The third-order valence-electron chi connectivity index (χ3n) is 2.66. The third kappa shape index (κ3) is 5.62. The van der Waals surface area contributed by atoms with Crippen molar-refractivity contribution in [1.82, 2.24) is 0 Å². The van der Waals surface area contributed by atoms with Gasteiger partial charge >= 0.3 is 0 Å². The topological polar surface area (TPSA) is 68.3 Å². The zero-order valence-corrected chi connectivity index (χ0v) is 11.7. The Hall–Kier alpha value is -1.73. The van der Waals surface area contributed by atoms with E-state index < -0.39 is 5.54 Å². The predicted molar refractivity (Wildman–Crippen MR) is 75.2 cm³/mol. The van der Waals surface area contributed by atoms with Crippen LogP contribution in [0, 0.1) is 11.3 Å². The summed E-state index contributed by atoms with van der Waals surface area (Å²) in [4.78, 5) is 0. The van der Waals surface area contributed by atoms with E-state index in [1.807, 2.05) is 24.3 Å². The lowest BCUT2D eigenvalue weighted by Crippen LogP contribution is -2.34. The molecular weight excluding hydrogens is 240 g/mol. The lowest BCUT2D eigenvalue weighted by atomic mass is 10.00. The summed E-state index contributed by atoms with van der Waals surface area (Å²) in [5, 5.41) is 8.82. The van der Waals surface area contributed by atoms with E-state index >= 15 is 0 Å². The van der Waals surface area contributed by atoms with E-state index in [0.29, 0.717) is 19.6 Å². The van der Waals surface area contributed by atoms with Gasteiger partial charge in [-0.1, -0.05) is 19.1 Å². The summed E-state index contributed by atoms with van der Waals surface area (Å²) in [5.74, 6) is 1.51. The summed E-state index contributed by atoms with van der Waals surface area (Å²) < 4.78 is 11.3. The predicted octanol–water partition coefficient (Wildman–Crippen LogP) is 2.88. The molecule has 0 bridgehead atoms. The molecule has 4 heteroatoms. The van der Waals surface area contributed by atoms with Crippen LogP contribution in [-0.4, -0.2) is 18.8 Å². The van der Waals surface area contributed by atoms with Crippen LogP contribution in [0.1, 0.15) is 33.1 Å². The second-order valence-corrected chi connectivity index (χ2v) is 4.78. The molecule has 1 unspecified atom stereocenters. The molecule has 2 N–H and O–H groups in total. The molecule has 1 atom stereocenters. The van der Waals surface area contributed by atoms with Crippen LogP contribution < -0.4 is 15.2 Å². The fourth-order valence-corrected chi connectivity index (χ4v) is 1.58. The molecule has 1 rings (SSSR count). The maximum absolute atomic E-state index is 8.82. The molecule has 104 valence electrons. The molecule has 0 spiro atoms. The van der Waals surface area contributed by atoms with Crippen LogP contribution in [0.25, 0.3) is 0 Å². The number of hydrogen-bond acceptors (Lipinski definition) is 4. The Morgan fingerprint density at radius 3 is 2.32 bits per heavy atom. The second-order valence-electron chi connectivity index (χ2n) is 4.78. The molecule has 0 saturated heterocycles. The highest BCUT2D eigenvalue weighted by Crippen LogP contribution is 2.26. The number of nitriles is 1. The molecule has 0 aliphatic carbocycles. The smallest absolute Gasteiger partial charge is 0.161 e. The maximum Gasteiger partial charge on any atom is 0.161 e. The summed E-state index contributed by atoms with van der Waals surface area (Å²) in [7, 11) is 0. The fraction of sp³-hybridized carbons (Fsp3) is 0.533. The maximum atomic E-state index is 8.82. The molecule has 0 amide bonds. The number of hydrogen-bond donors (Lipinski definition) is 1. The molecule has 0 heterocycles. The Balaban J connectivity index is 2.43. The van der Waals surface area contributed by atoms with Crippen LogP contribution in [0.15, 0.2) is 24.3 Å². The van der Waals surface area contributed by atoms with E-state index in [1.165, 1.54) is 0 Å². The highest BCUT2D eigenvalue weighted by Gasteiger charge is 2.16. The normalized spacial score (nSPS) is 13.4. The fourth-order valence-electron chi connectivity index (χ4n) is 1.58. The monoisotopic (exact) mass is 262 g/mol. The lowest BCUT2D eigenvalue weighted by Gasteiger charge is -2.16. The number of ether oxygens (including phenoxy) is 2. The van der Waals surface area contributed by atoms with Gasteiger partial charge in [0.1, 0.15) is 5.54 Å². The van der Waals surface area contributed by atoms with Gasteiger partial charge in [0.15, 0.2) is 11.5 Å². The van der Waals surface area contributed by atoms with Gasteiger partial charge in [-0.2, -0.15) is 5.26 Å². The summed E-state index contributed by atoms with van der Waals surface area (Å²) in [6, 6.07) is 9.69. The van der Waals surface area contributed by atoms with Crippen LogP contribution in [0.5, 0.6) is 11.5 Å². The summed E-state index contributed by atoms with van der Waals surface area (Å²) >= 11 is 0. The van der Waals surface area contributed by atoms with E-state index in [-0.39, 0.29) is 0 Å².